The zero-order valence-electron chi connectivity index (χ0n) is 14.2. The van der Waals surface area contributed by atoms with Crippen LogP contribution >= 0.6 is 0 Å². The number of anilines is 1. The number of aliphatic hydroxyl groups is 1. The number of hydrogen-bond acceptors (Lipinski definition) is 3. The lowest BCUT2D eigenvalue weighted by Gasteiger charge is -2.21. The van der Waals surface area contributed by atoms with E-state index in [9.17, 15) is 14.7 Å². The first-order valence-corrected chi connectivity index (χ1v) is 8.48. The number of nitrogens with one attached hydrogen (secondary N) is 2. The first kappa shape index (κ1) is 17.2. The molecule has 2 aromatic rings. The molecule has 0 radical (unpaired) electrons. The van der Waals surface area contributed by atoms with Gasteiger partial charge >= 0.3 is 0 Å². The highest BCUT2D eigenvalue weighted by Gasteiger charge is 2.18. The van der Waals surface area contributed by atoms with Gasteiger partial charge in [0, 0.05) is 12.1 Å². The Morgan fingerprint density at radius 3 is 2.68 bits per heavy atom. The van der Waals surface area contributed by atoms with E-state index in [1.807, 2.05) is 43.3 Å². The van der Waals surface area contributed by atoms with Crippen molar-refractivity contribution >= 4 is 17.5 Å². The second-order valence-corrected chi connectivity index (χ2v) is 6.38. The van der Waals surface area contributed by atoms with Crippen LogP contribution in [0.2, 0.25) is 0 Å². The summed E-state index contributed by atoms with van der Waals surface area (Å²) in [4.78, 5) is 23.6. The largest absolute Gasteiger partial charge is 0.388 e. The van der Waals surface area contributed by atoms with E-state index < -0.39 is 6.10 Å². The van der Waals surface area contributed by atoms with E-state index >= 15 is 0 Å². The molecule has 0 saturated carbocycles. The summed E-state index contributed by atoms with van der Waals surface area (Å²) < 4.78 is 0. The SMILES string of the molecule is CC(NC(=O)CC(O)c1ccccc1)c1ccc2c(c1)CCC(=O)N2. The molecule has 2 amide bonds. The number of amides is 2. The topological polar surface area (TPSA) is 78.4 Å². The minimum atomic E-state index is -0.813. The van der Waals surface area contributed by atoms with Crippen LogP contribution in [0.5, 0.6) is 0 Å². The summed E-state index contributed by atoms with van der Waals surface area (Å²) >= 11 is 0. The highest BCUT2D eigenvalue weighted by atomic mass is 16.3. The van der Waals surface area contributed by atoms with Gasteiger partial charge in [0.05, 0.1) is 18.6 Å². The Morgan fingerprint density at radius 1 is 1.16 bits per heavy atom. The molecule has 0 spiro atoms. The quantitative estimate of drug-likeness (QED) is 0.784. The molecule has 0 fully saturated rings. The van der Waals surface area contributed by atoms with Gasteiger partial charge in [0.25, 0.3) is 0 Å². The van der Waals surface area contributed by atoms with Crippen molar-refractivity contribution in [2.75, 3.05) is 5.32 Å². The Hall–Kier alpha value is -2.66. The van der Waals surface area contributed by atoms with E-state index in [4.69, 9.17) is 0 Å². The Labute approximate surface area is 147 Å². The van der Waals surface area contributed by atoms with Crippen molar-refractivity contribution in [1.29, 1.82) is 0 Å². The van der Waals surface area contributed by atoms with Crippen LogP contribution in [0.4, 0.5) is 5.69 Å². The van der Waals surface area contributed by atoms with Crippen molar-refractivity contribution in [3.8, 4) is 0 Å². The smallest absolute Gasteiger partial charge is 0.224 e. The van der Waals surface area contributed by atoms with Crippen LogP contribution in [0.3, 0.4) is 0 Å². The maximum atomic E-state index is 12.2. The maximum Gasteiger partial charge on any atom is 0.224 e. The van der Waals surface area contributed by atoms with Gasteiger partial charge in [-0.2, -0.15) is 0 Å². The number of rotatable bonds is 5. The highest BCUT2D eigenvalue weighted by molar-refractivity contribution is 5.93. The molecule has 3 rings (SSSR count). The molecule has 130 valence electrons. The van der Waals surface area contributed by atoms with Gasteiger partial charge in [0.2, 0.25) is 11.8 Å². The summed E-state index contributed by atoms with van der Waals surface area (Å²) in [5.41, 5.74) is 3.65. The summed E-state index contributed by atoms with van der Waals surface area (Å²) in [5.74, 6) is -0.161. The monoisotopic (exact) mass is 338 g/mol. The second kappa shape index (κ2) is 7.49. The van der Waals surface area contributed by atoms with Gasteiger partial charge in [-0.05, 0) is 36.1 Å². The summed E-state index contributed by atoms with van der Waals surface area (Å²) in [7, 11) is 0. The molecule has 0 bridgehead atoms. The third-order valence-electron chi connectivity index (χ3n) is 4.47. The molecule has 5 heteroatoms. The third kappa shape index (κ3) is 4.25. The van der Waals surface area contributed by atoms with Crippen molar-refractivity contribution in [3.63, 3.8) is 0 Å². The molecule has 1 heterocycles. The molecule has 1 aliphatic rings. The van der Waals surface area contributed by atoms with Crippen LogP contribution in [0.25, 0.3) is 0 Å². The van der Waals surface area contributed by atoms with Gasteiger partial charge in [0.1, 0.15) is 0 Å². The fourth-order valence-electron chi connectivity index (χ4n) is 3.03. The van der Waals surface area contributed by atoms with Gasteiger partial charge in [-0.25, -0.2) is 0 Å². The Balaban J connectivity index is 1.61. The maximum absolute atomic E-state index is 12.2. The number of hydrogen-bond donors (Lipinski definition) is 3. The van der Waals surface area contributed by atoms with Crippen LogP contribution in [-0.2, 0) is 16.0 Å². The fraction of sp³-hybridized carbons (Fsp3) is 0.300. The lowest BCUT2D eigenvalue weighted by molar-refractivity contribution is -0.123. The zero-order valence-corrected chi connectivity index (χ0v) is 14.2. The Kier molecular flexibility index (Phi) is 5.14. The molecule has 25 heavy (non-hydrogen) atoms. The average molecular weight is 338 g/mol. The average Bonchev–Trinajstić information content (AvgIpc) is 2.61. The predicted molar refractivity (Wildman–Crippen MR) is 96.0 cm³/mol. The molecule has 2 atom stereocenters. The molecule has 0 saturated heterocycles. The lowest BCUT2D eigenvalue weighted by Crippen LogP contribution is -2.28. The van der Waals surface area contributed by atoms with Crippen LogP contribution in [0.1, 0.15) is 48.6 Å². The van der Waals surface area contributed by atoms with Crippen molar-refractivity contribution in [2.24, 2.45) is 0 Å². The Bertz CT molecular complexity index is 774. The molecule has 3 N–H and O–H groups in total. The number of carbonyl (C=O) groups excluding carboxylic acids is 2. The summed E-state index contributed by atoms with van der Waals surface area (Å²) in [6.45, 7) is 1.91. The van der Waals surface area contributed by atoms with Gasteiger partial charge in [-0.1, -0.05) is 42.5 Å². The predicted octanol–water partition coefficient (Wildman–Crippen LogP) is 2.87. The summed E-state index contributed by atoms with van der Waals surface area (Å²) in [6.07, 6.45) is 0.408. The molecule has 0 aromatic heterocycles. The Morgan fingerprint density at radius 2 is 1.92 bits per heavy atom. The fourth-order valence-corrected chi connectivity index (χ4v) is 3.03. The number of aryl methyl sites for hydroxylation is 1. The van der Waals surface area contributed by atoms with Gasteiger partial charge < -0.3 is 15.7 Å². The second-order valence-electron chi connectivity index (χ2n) is 6.38. The zero-order chi connectivity index (χ0) is 17.8. The first-order valence-electron chi connectivity index (χ1n) is 8.48. The van der Waals surface area contributed by atoms with E-state index in [1.54, 1.807) is 12.1 Å². The molecule has 2 unspecified atom stereocenters. The van der Waals surface area contributed by atoms with Crippen LogP contribution in [0, 0.1) is 0 Å². The summed E-state index contributed by atoms with van der Waals surface area (Å²) in [6, 6.07) is 14.8. The number of fused-ring (bicyclic) bond motifs is 1. The first-order chi connectivity index (χ1) is 12.0. The molecule has 5 nitrogen and oxygen atoms in total. The number of aliphatic hydroxyl groups excluding tert-OH is 1. The van der Waals surface area contributed by atoms with Crippen molar-refractivity contribution < 1.29 is 14.7 Å². The van der Waals surface area contributed by atoms with Crippen molar-refractivity contribution in [2.45, 2.75) is 38.3 Å². The molecular formula is C20H22N2O3. The number of benzene rings is 2. The summed E-state index contributed by atoms with van der Waals surface area (Å²) in [5, 5.41) is 15.9. The van der Waals surface area contributed by atoms with Gasteiger partial charge in [-0.3, -0.25) is 9.59 Å². The molecule has 2 aromatic carbocycles. The van der Waals surface area contributed by atoms with Crippen molar-refractivity contribution in [3.05, 3.63) is 65.2 Å². The van der Waals surface area contributed by atoms with E-state index in [1.165, 1.54) is 0 Å². The molecule has 1 aliphatic heterocycles. The van der Waals surface area contributed by atoms with E-state index in [0.717, 1.165) is 22.4 Å². The van der Waals surface area contributed by atoms with E-state index in [2.05, 4.69) is 10.6 Å². The third-order valence-corrected chi connectivity index (χ3v) is 4.47. The van der Waals surface area contributed by atoms with Crippen LogP contribution < -0.4 is 10.6 Å². The minimum absolute atomic E-state index is 0.0232. The van der Waals surface area contributed by atoms with Crippen LogP contribution in [0.15, 0.2) is 48.5 Å². The number of carbonyl (C=O) groups is 2. The van der Waals surface area contributed by atoms with E-state index in [-0.39, 0.29) is 24.3 Å². The lowest BCUT2D eigenvalue weighted by atomic mass is 9.97. The van der Waals surface area contributed by atoms with E-state index in [0.29, 0.717) is 12.8 Å². The van der Waals surface area contributed by atoms with Crippen molar-refractivity contribution in [1.82, 2.24) is 5.32 Å². The molecule has 0 aliphatic carbocycles. The highest BCUT2D eigenvalue weighted by Crippen LogP contribution is 2.26. The standard InChI is InChI=1S/C20H22N2O3/c1-13(15-7-9-17-16(11-15)8-10-19(24)22-17)21-20(25)12-18(23)14-5-3-2-4-6-14/h2-7,9,11,13,18,23H,8,10,12H2,1H3,(H,21,25)(H,22,24). The van der Waals surface area contributed by atoms with Gasteiger partial charge in [-0.15, -0.1) is 0 Å². The van der Waals surface area contributed by atoms with Gasteiger partial charge in [0.15, 0.2) is 0 Å². The normalized spacial score (nSPS) is 15.7. The van der Waals surface area contributed by atoms with Crippen LogP contribution in [-0.4, -0.2) is 16.9 Å². The molecular weight excluding hydrogens is 316 g/mol. The minimum Gasteiger partial charge on any atom is -0.388 e.